The van der Waals surface area contributed by atoms with E-state index in [-0.39, 0.29) is 12.4 Å². The molecule has 1 rings (SSSR count). The van der Waals surface area contributed by atoms with E-state index in [2.05, 4.69) is 12.1 Å². The molecule has 0 unspecified atom stereocenters. The molecule has 0 amide bonds. The van der Waals surface area contributed by atoms with Gasteiger partial charge in [0.1, 0.15) is 0 Å². The predicted molar refractivity (Wildman–Crippen MR) is 56.1 cm³/mol. The first-order valence-electron chi connectivity index (χ1n) is 3.33. The first kappa shape index (κ1) is 11.3. The predicted octanol–water partition coefficient (Wildman–Crippen LogP) is 0.415. The van der Waals surface area contributed by atoms with Crippen LogP contribution in [0.5, 0.6) is 0 Å². The maximum atomic E-state index is 5.30. The Labute approximate surface area is 82.5 Å². The third-order valence-electron chi connectivity index (χ3n) is 1.25. The average molecular weight is 204 g/mol. The summed E-state index contributed by atoms with van der Waals surface area (Å²) in [6.07, 6.45) is 0. The average Bonchev–Trinajstić information content (AvgIpc) is 2.03. The molecule has 0 aliphatic carbocycles. The van der Waals surface area contributed by atoms with Gasteiger partial charge in [0.25, 0.3) is 5.17 Å². The normalized spacial score (nSPS) is 8.67. The van der Waals surface area contributed by atoms with Crippen LogP contribution < -0.4 is 11.1 Å². The Morgan fingerprint density at radius 1 is 1.33 bits per heavy atom. The maximum Gasteiger partial charge on any atom is 0.300 e. The lowest BCUT2D eigenvalue weighted by atomic mass is 10.2. The molecule has 0 radical (unpaired) electrons. The van der Waals surface area contributed by atoms with E-state index in [1.54, 1.807) is 0 Å². The van der Waals surface area contributed by atoms with Crippen LogP contribution in [0.3, 0.4) is 0 Å². The smallest absolute Gasteiger partial charge is 0.282 e. The lowest BCUT2D eigenvalue weighted by Gasteiger charge is -1.94. The monoisotopic (exact) mass is 203 g/mol. The van der Waals surface area contributed by atoms with Crippen LogP contribution in [0.15, 0.2) is 30.3 Å². The van der Waals surface area contributed by atoms with Gasteiger partial charge in [0.2, 0.25) is 0 Å². The van der Waals surface area contributed by atoms with E-state index < -0.39 is 0 Å². The van der Waals surface area contributed by atoms with Gasteiger partial charge in [-0.1, -0.05) is 30.3 Å². The Hall–Kier alpha value is -0.670. The molecule has 0 saturated carbocycles. The van der Waals surface area contributed by atoms with Gasteiger partial charge < -0.3 is 0 Å². The molecule has 4 heteroatoms. The third-order valence-corrected chi connectivity index (χ3v) is 2.06. The number of hydrogen-bond donors (Lipinski definition) is 2. The number of nitrogens with two attached hydrogens (primary N) is 2. The standard InChI is InChI=1S/C8H10N2S.ClH/c9-8(10)11-6-7-4-2-1-3-5-7;/h1-5H,6H2,(H3,9,10);1H/p+1. The minimum Gasteiger partial charge on any atom is -0.282 e. The van der Waals surface area contributed by atoms with Gasteiger partial charge in [-0.3, -0.25) is 11.1 Å². The molecule has 0 fully saturated rings. The van der Waals surface area contributed by atoms with Crippen molar-refractivity contribution >= 4 is 29.3 Å². The number of rotatable bonds is 2. The number of thioether (sulfide) groups is 1. The molecular weight excluding hydrogens is 192 g/mol. The molecule has 66 valence electrons. The Bertz CT molecular complexity index is 238. The Morgan fingerprint density at radius 2 is 1.92 bits per heavy atom. The molecular formula is C8H12ClN2S+. The van der Waals surface area contributed by atoms with Gasteiger partial charge in [-0.05, 0) is 17.3 Å². The summed E-state index contributed by atoms with van der Waals surface area (Å²) in [4.78, 5) is 0. The minimum absolute atomic E-state index is 0. The fourth-order valence-corrected chi connectivity index (χ4v) is 1.27. The van der Waals surface area contributed by atoms with Gasteiger partial charge in [-0.25, -0.2) is 0 Å². The van der Waals surface area contributed by atoms with Crippen LogP contribution in [0, 0.1) is 0 Å². The molecule has 4 N–H and O–H groups in total. The molecule has 2 nitrogen and oxygen atoms in total. The third kappa shape index (κ3) is 4.26. The summed E-state index contributed by atoms with van der Waals surface area (Å²) in [7, 11) is 0. The molecule has 0 heterocycles. The zero-order valence-electron chi connectivity index (χ0n) is 6.57. The fourth-order valence-electron chi connectivity index (χ4n) is 0.741. The summed E-state index contributed by atoms with van der Waals surface area (Å²) >= 11 is 1.46. The first-order chi connectivity index (χ1) is 5.29. The van der Waals surface area contributed by atoms with E-state index in [1.807, 2.05) is 18.2 Å². The first-order valence-corrected chi connectivity index (χ1v) is 4.32. The molecule has 0 aliphatic heterocycles. The highest BCUT2D eigenvalue weighted by Gasteiger charge is 1.96. The van der Waals surface area contributed by atoms with E-state index in [0.717, 1.165) is 5.75 Å². The van der Waals surface area contributed by atoms with E-state index in [1.165, 1.54) is 17.3 Å². The summed E-state index contributed by atoms with van der Waals surface area (Å²) in [5.74, 6) is 0.850. The van der Waals surface area contributed by atoms with Crippen LogP contribution in [-0.4, -0.2) is 5.17 Å². The highest BCUT2D eigenvalue weighted by atomic mass is 35.5. The van der Waals surface area contributed by atoms with Crippen molar-refractivity contribution in [1.29, 1.82) is 0 Å². The van der Waals surface area contributed by atoms with Crippen molar-refractivity contribution in [3.8, 4) is 0 Å². The SMILES string of the molecule is Cl.NC(=[NH2+])SCc1ccccc1. The molecule has 0 bridgehead atoms. The van der Waals surface area contributed by atoms with Crippen LogP contribution >= 0.6 is 24.2 Å². The molecule has 1 aromatic rings. The van der Waals surface area contributed by atoms with Crippen molar-refractivity contribution in [3.63, 3.8) is 0 Å². The molecule has 0 saturated heterocycles. The summed E-state index contributed by atoms with van der Waals surface area (Å²) in [5.41, 5.74) is 6.54. The number of benzene rings is 1. The van der Waals surface area contributed by atoms with Crippen LogP contribution in [-0.2, 0) is 5.75 Å². The Balaban J connectivity index is 0.00000121. The van der Waals surface area contributed by atoms with Crippen LogP contribution in [0.2, 0.25) is 0 Å². The quantitative estimate of drug-likeness (QED) is 0.541. The topological polar surface area (TPSA) is 51.6 Å². The zero-order valence-corrected chi connectivity index (χ0v) is 8.20. The van der Waals surface area contributed by atoms with Gasteiger partial charge in [-0.2, -0.15) is 0 Å². The summed E-state index contributed by atoms with van der Waals surface area (Å²) < 4.78 is 0. The maximum absolute atomic E-state index is 5.30. The van der Waals surface area contributed by atoms with E-state index >= 15 is 0 Å². The van der Waals surface area contributed by atoms with Crippen molar-refractivity contribution < 1.29 is 5.41 Å². The molecule has 0 aliphatic rings. The highest BCUT2D eigenvalue weighted by molar-refractivity contribution is 8.12. The second-order valence-electron chi connectivity index (χ2n) is 2.18. The second-order valence-corrected chi connectivity index (χ2v) is 3.23. The highest BCUT2D eigenvalue weighted by Crippen LogP contribution is 2.08. The van der Waals surface area contributed by atoms with E-state index in [0.29, 0.717) is 5.17 Å². The fraction of sp³-hybridized carbons (Fsp3) is 0.125. The molecule has 0 atom stereocenters. The number of halogens is 1. The summed E-state index contributed by atoms with van der Waals surface area (Å²) in [5, 5.41) is 5.72. The molecule has 0 aromatic heterocycles. The van der Waals surface area contributed by atoms with Crippen LogP contribution in [0.25, 0.3) is 0 Å². The van der Waals surface area contributed by atoms with E-state index in [4.69, 9.17) is 11.1 Å². The van der Waals surface area contributed by atoms with Crippen molar-refractivity contribution in [2.75, 3.05) is 0 Å². The van der Waals surface area contributed by atoms with Gasteiger partial charge >= 0.3 is 0 Å². The van der Waals surface area contributed by atoms with Crippen molar-refractivity contribution in [2.24, 2.45) is 5.73 Å². The lowest BCUT2D eigenvalue weighted by molar-refractivity contribution is -0.110. The number of amidine groups is 1. The van der Waals surface area contributed by atoms with Gasteiger partial charge in [0.05, 0.1) is 0 Å². The van der Waals surface area contributed by atoms with Crippen LogP contribution in [0.4, 0.5) is 0 Å². The largest absolute Gasteiger partial charge is 0.300 e. The summed E-state index contributed by atoms with van der Waals surface area (Å²) in [6, 6.07) is 10.1. The van der Waals surface area contributed by atoms with Gasteiger partial charge in [0, 0.05) is 5.75 Å². The van der Waals surface area contributed by atoms with Crippen LogP contribution in [0.1, 0.15) is 5.56 Å². The summed E-state index contributed by atoms with van der Waals surface area (Å²) in [6.45, 7) is 0. The number of hydrogen-bond acceptors (Lipinski definition) is 1. The van der Waals surface area contributed by atoms with E-state index in [9.17, 15) is 0 Å². The minimum atomic E-state index is 0. The van der Waals surface area contributed by atoms with Crippen molar-refractivity contribution in [3.05, 3.63) is 35.9 Å². The Kier molecular flexibility index (Phi) is 5.58. The zero-order chi connectivity index (χ0) is 8.10. The van der Waals surface area contributed by atoms with Crippen molar-refractivity contribution in [2.45, 2.75) is 5.75 Å². The van der Waals surface area contributed by atoms with Crippen molar-refractivity contribution in [1.82, 2.24) is 0 Å². The van der Waals surface area contributed by atoms with Gasteiger partial charge in [0.15, 0.2) is 0 Å². The molecule has 12 heavy (non-hydrogen) atoms. The Morgan fingerprint density at radius 3 is 2.42 bits per heavy atom. The lowest BCUT2D eigenvalue weighted by Crippen LogP contribution is -2.43. The molecule has 1 aromatic carbocycles. The molecule has 0 spiro atoms. The van der Waals surface area contributed by atoms with Gasteiger partial charge in [-0.15, -0.1) is 12.4 Å². The second kappa shape index (κ2) is 5.91.